The summed E-state index contributed by atoms with van der Waals surface area (Å²) >= 11 is 40.8. The van der Waals surface area contributed by atoms with E-state index in [4.69, 9.17) is 104 Å². The Morgan fingerprint density at radius 1 is 0.416 bits per heavy atom. The van der Waals surface area contributed by atoms with Gasteiger partial charge in [-0.25, -0.2) is 40.7 Å². The predicted molar refractivity (Wildman–Crippen MR) is 448 cm³/mol. The molecule has 10 N–H and O–H groups in total. The van der Waals surface area contributed by atoms with Gasteiger partial charge >= 0.3 is 18.1 Å². The summed E-state index contributed by atoms with van der Waals surface area (Å²) in [4.78, 5) is 46.5. The number of nitrogens with zero attached hydrogens (tertiary/aromatic N) is 3. The SMILES string of the molecule is CN1Cc2c(Cl)cc(Cl)cc2[C@H](c2cccc(SCCCOCCOCCNC(=O)NCCC(N)(CCCNC(=O)NCCOCCOCCNS(=O)(=O)c3cccc([C@@H]4CN(C)Cc5c(Cl)cc(Cl)cc54)c3)CCCNC(=O)NCCOCCOCCNS(=O)(=O)c3cccc([C@@H]4CN(C)Cc5c(Cl)cc(Cl)cc54)c3)c2)C1. The second-order valence-electron chi connectivity index (χ2n) is 28.4. The zero-order valence-electron chi connectivity index (χ0n) is 64.2. The first-order chi connectivity index (χ1) is 54.3. The molecular weight excluding hydrogens is 1630 g/mol. The number of ether oxygens (including phenoxy) is 6. The van der Waals surface area contributed by atoms with E-state index < -0.39 is 25.6 Å². The summed E-state index contributed by atoms with van der Waals surface area (Å²) in [6.07, 6.45) is 3.33. The highest BCUT2D eigenvalue weighted by Gasteiger charge is 2.32. The van der Waals surface area contributed by atoms with Crippen molar-refractivity contribution in [1.82, 2.24) is 56.0 Å². The number of likely N-dealkylation sites (N-methyl/N-ethyl adjacent to an activating group) is 3. The van der Waals surface area contributed by atoms with Crippen molar-refractivity contribution >= 4 is 120 Å². The molecule has 6 aromatic rings. The molecule has 3 atom stereocenters. The van der Waals surface area contributed by atoms with Crippen LogP contribution >= 0.6 is 81.4 Å². The number of hydrogen-bond acceptors (Lipinski definition) is 18. The van der Waals surface area contributed by atoms with E-state index in [0.29, 0.717) is 128 Å². The summed E-state index contributed by atoms with van der Waals surface area (Å²) in [7, 11) is -1.59. The fraction of sp³-hybridized carbons (Fsp3) is 0.506. The smallest absolute Gasteiger partial charge is 0.314 e. The molecule has 0 saturated carbocycles. The third-order valence-corrected chi connectivity index (χ3v) is 25.2. The molecule has 0 bridgehead atoms. The molecule has 113 heavy (non-hydrogen) atoms. The number of benzene rings is 6. The van der Waals surface area contributed by atoms with E-state index in [1.165, 1.54) is 16.0 Å². The van der Waals surface area contributed by atoms with Crippen molar-refractivity contribution in [2.75, 3.05) is 178 Å². The van der Waals surface area contributed by atoms with Crippen molar-refractivity contribution in [3.8, 4) is 0 Å². The number of fused-ring (bicyclic) bond motifs is 3. The van der Waals surface area contributed by atoms with Crippen molar-refractivity contribution in [2.45, 2.75) is 96.1 Å². The first-order valence-electron chi connectivity index (χ1n) is 38.0. The second kappa shape index (κ2) is 46.7. The van der Waals surface area contributed by atoms with Crippen LogP contribution in [0.3, 0.4) is 0 Å². The predicted octanol–water partition coefficient (Wildman–Crippen LogP) is 11.4. The monoisotopic (exact) mass is 1740 g/mol. The zero-order valence-corrected chi connectivity index (χ0v) is 71.2. The van der Waals surface area contributed by atoms with Gasteiger partial charge in [0.15, 0.2) is 0 Å². The third-order valence-electron chi connectivity index (χ3n) is 19.6. The van der Waals surface area contributed by atoms with Crippen LogP contribution in [-0.4, -0.2) is 233 Å². The van der Waals surface area contributed by atoms with Gasteiger partial charge in [0.1, 0.15) is 0 Å². The first kappa shape index (κ1) is 91.5. The van der Waals surface area contributed by atoms with E-state index in [2.05, 4.69) is 87.4 Å². The van der Waals surface area contributed by atoms with Gasteiger partial charge in [0.25, 0.3) is 0 Å². The number of nitrogens with two attached hydrogens (primary N) is 1. The Morgan fingerprint density at radius 3 is 1.14 bits per heavy atom. The Balaban J connectivity index is 0.618. The molecular formula is C79H106Cl6N12O13S3. The van der Waals surface area contributed by atoms with E-state index in [9.17, 15) is 31.2 Å². The molecule has 6 amide bonds. The maximum absolute atomic E-state index is 13.3. The van der Waals surface area contributed by atoms with Crippen LogP contribution in [0.4, 0.5) is 14.4 Å². The van der Waals surface area contributed by atoms with Gasteiger partial charge in [-0.05, 0) is 183 Å². The number of halogens is 6. The molecule has 0 aliphatic carbocycles. The van der Waals surface area contributed by atoms with Crippen LogP contribution in [0.25, 0.3) is 0 Å². The molecule has 0 fully saturated rings. The average molecular weight is 1740 g/mol. The van der Waals surface area contributed by atoms with E-state index in [-0.39, 0.29) is 138 Å². The van der Waals surface area contributed by atoms with Crippen molar-refractivity contribution in [1.29, 1.82) is 0 Å². The molecule has 0 aromatic heterocycles. The minimum atomic E-state index is -3.85. The zero-order chi connectivity index (χ0) is 80.8. The normalized spacial score (nSPS) is 16.1. The Morgan fingerprint density at radius 2 is 0.752 bits per heavy atom. The molecule has 9 rings (SSSR count). The average Bonchev–Trinajstić information content (AvgIpc) is 0.786. The largest absolute Gasteiger partial charge is 0.379 e. The number of thioether (sulfide) groups is 1. The van der Waals surface area contributed by atoms with Crippen LogP contribution in [-0.2, 0) is 68.1 Å². The highest BCUT2D eigenvalue weighted by atomic mass is 35.5. The van der Waals surface area contributed by atoms with Crippen LogP contribution in [0.5, 0.6) is 0 Å². The molecule has 25 nitrogen and oxygen atoms in total. The third kappa shape index (κ3) is 29.9. The topological polar surface area (TPSA) is 307 Å². The van der Waals surface area contributed by atoms with Crippen molar-refractivity contribution in [2.24, 2.45) is 5.73 Å². The maximum Gasteiger partial charge on any atom is 0.314 e. The number of carbonyl (C=O) groups is 3. The summed E-state index contributed by atoms with van der Waals surface area (Å²) in [5.41, 5.74) is 15.4. The summed E-state index contributed by atoms with van der Waals surface area (Å²) in [6.45, 7) is 9.29. The van der Waals surface area contributed by atoms with Crippen LogP contribution in [0, 0.1) is 0 Å². The first-order valence-corrected chi connectivity index (χ1v) is 44.3. The number of urea groups is 3. The van der Waals surface area contributed by atoms with Gasteiger partial charge in [0.05, 0.1) is 82.5 Å². The molecule has 3 aliphatic rings. The summed E-state index contributed by atoms with van der Waals surface area (Å²) in [5.74, 6) is 0.826. The van der Waals surface area contributed by atoms with Gasteiger partial charge in [-0.3, -0.25) is 0 Å². The molecule has 0 unspecified atom stereocenters. The molecule has 620 valence electrons. The lowest BCUT2D eigenvalue weighted by molar-refractivity contribution is 0.0499. The van der Waals surface area contributed by atoms with Crippen molar-refractivity contribution in [3.05, 3.63) is 189 Å². The van der Waals surface area contributed by atoms with Crippen LogP contribution < -0.4 is 47.1 Å². The molecule has 0 radical (unpaired) electrons. The Bertz CT molecular complexity index is 4130. The Labute approximate surface area is 699 Å². The lowest BCUT2D eigenvalue weighted by Gasteiger charge is -2.33. The van der Waals surface area contributed by atoms with E-state index >= 15 is 0 Å². The van der Waals surface area contributed by atoms with Gasteiger partial charge in [0, 0.05) is 162 Å². The lowest BCUT2D eigenvalue weighted by Crippen LogP contribution is -2.46. The van der Waals surface area contributed by atoms with E-state index in [1.807, 2.05) is 50.5 Å². The Kier molecular flexibility index (Phi) is 37.8. The number of hydrogen-bond donors (Lipinski definition) is 9. The summed E-state index contributed by atoms with van der Waals surface area (Å²) < 4.78 is 92.6. The standard InChI is InChI=1S/C79H106Cl6N12O13S3/c1-95-49-67(64-43-58(80)46-73(83)70(64)52-95)55-10-4-13-61(40-55)111-39-9-27-105-33-34-106-30-24-92-78(100)89-21-18-79(86,16-7-19-87-76(98)90-22-28-107-35-37-109-31-25-93-112(101,102)62-14-5-11-56(41-62)68-50-96(2)53-71-65(68)44-59(81)47-74(71)84)17-8-20-88-77(99)91-23-29-108-36-38-110-32-26-94-113(103,104)63-15-6-12-57(42-63)69-51-97(3)54-72-66(69)45-60(82)48-75(72)85/h4-6,10-15,40-48,67-69,93-94H,7-9,16-39,49-54,86H2,1-3H3,(H2,87,90,98)(H2,88,91,99)(H2,89,92,100)/t67-,68-,69-/m0/s1. The van der Waals surface area contributed by atoms with Gasteiger partial charge < -0.3 is 80.8 Å². The van der Waals surface area contributed by atoms with Gasteiger partial charge in [-0.2, -0.15) is 0 Å². The molecule has 3 heterocycles. The maximum atomic E-state index is 13.3. The van der Waals surface area contributed by atoms with Crippen LogP contribution in [0.2, 0.25) is 30.1 Å². The van der Waals surface area contributed by atoms with Crippen molar-refractivity contribution in [3.63, 3.8) is 0 Å². The number of amides is 6. The van der Waals surface area contributed by atoms with E-state index in [0.717, 1.165) is 64.2 Å². The summed E-state index contributed by atoms with van der Waals surface area (Å²) in [6, 6.07) is 32.4. The highest BCUT2D eigenvalue weighted by molar-refractivity contribution is 7.99. The fourth-order valence-corrected chi connectivity index (χ4v) is 18.7. The molecule has 0 spiro atoms. The van der Waals surface area contributed by atoms with E-state index in [1.54, 1.807) is 60.3 Å². The second-order valence-corrected chi connectivity index (χ2v) is 35.6. The highest BCUT2D eigenvalue weighted by Crippen LogP contribution is 2.43. The lowest BCUT2D eigenvalue weighted by atomic mass is 9.85. The van der Waals surface area contributed by atoms with Gasteiger partial charge in [-0.15, -0.1) is 11.8 Å². The quantitative estimate of drug-likeness (QED) is 0.0127. The number of sulfonamides is 2. The van der Waals surface area contributed by atoms with Gasteiger partial charge in [0.2, 0.25) is 20.0 Å². The molecule has 0 saturated heterocycles. The minimum Gasteiger partial charge on any atom is -0.379 e. The van der Waals surface area contributed by atoms with Gasteiger partial charge in [-0.1, -0.05) is 106 Å². The summed E-state index contributed by atoms with van der Waals surface area (Å²) in [5, 5.41) is 20.6. The molecule has 6 aromatic carbocycles. The number of rotatable bonds is 47. The molecule has 34 heteroatoms. The van der Waals surface area contributed by atoms with Crippen molar-refractivity contribution < 1.29 is 59.6 Å². The van der Waals surface area contributed by atoms with Crippen LogP contribution in [0.1, 0.15) is 106 Å². The molecule has 3 aliphatic heterocycles. The van der Waals surface area contributed by atoms with Crippen LogP contribution in [0.15, 0.2) is 124 Å². The minimum absolute atomic E-state index is 0.0476. The Hall–Kier alpha value is -5.36. The number of carbonyl (C=O) groups excluding carboxylic acids is 3. The fourth-order valence-electron chi connectivity index (χ4n) is 14.0. The number of nitrogens with one attached hydrogen (secondary N) is 8.